The minimum Gasteiger partial charge on any atom is -0.379 e. The number of aliphatic hydroxyl groups excluding tert-OH is 1. The number of nitrogens with one attached hydrogen (secondary N) is 4. The van der Waals surface area contributed by atoms with Gasteiger partial charge < -0.3 is 49.5 Å². The van der Waals surface area contributed by atoms with Crippen LogP contribution in [0.1, 0.15) is 144 Å². The van der Waals surface area contributed by atoms with E-state index in [0.29, 0.717) is 83.4 Å². The third kappa shape index (κ3) is 9.22. The number of aromatic nitrogens is 4. The maximum atomic E-state index is 14.2. The van der Waals surface area contributed by atoms with E-state index >= 15 is 0 Å². The molecule has 3 aromatic rings. The number of aromatic amines is 2. The lowest BCUT2D eigenvalue weighted by molar-refractivity contribution is -0.140. The van der Waals surface area contributed by atoms with E-state index in [4.69, 9.17) is 19.4 Å². The number of likely N-dealkylation sites (tertiary alicyclic amines) is 2. The Labute approximate surface area is 395 Å². The molecule has 364 valence electrons. The van der Waals surface area contributed by atoms with Gasteiger partial charge in [-0.25, -0.2) is 14.8 Å². The molecule has 67 heavy (non-hydrogen) atoms. The van der Waals surface area contributed by atoms with Crippen LogP contribution in [-0.4, -0.2) is 160 Å². The molecule has 0 spiro atoms. The van der Waals surface area contributed by atoms with Crippen LogP contribution >= 0.6 is 0 Å². The Kier molecular flexibility index (Phi) is 13.7. The Bertz CT molecular complexity index is 2230. The Balaban J connectivity index is 0.796. The highest BCUT2D eigenvalue weighted by atomic mass is 16.5. The second-order valence-corrected chi connectivity index (χ2v) is 20.9. The number of hydrogen-bond acceptors (Lipinski definition) is 11. The molecule has 17 heteroatoms. The first-order chi connectivity index (χ1) is 32.5. The number of benzene rings is 1. The number of hydrogen-bond donors (Lipinski definition) is 5. The van der Waals surface area contributed by atoms with Gasteiger partial charge in [0.25, 0.3) is 0 Å². The third-order valence-corrected chi connectivity index (χ3v) is 16.2. The fraction of sp³-hybridized carbons (Fsp3) is 0.700. The summed E-state index contributed by atoms with van der Waals surface area (Å²) in [5, 5.41) is 17.4. The minimum atomic E-state index is -0.908. The summed E-state index contributed by atoms with van der Waals surface area (Å²) < 4.78 is 10.9. The molecule has 5 aliphatic heterocycles. The van der Waals surface area contributed by atoms with Crippen LogP contribution in [-0.2, 0) is 19.1 Å². The molecular formula is C50H73N11O6. The van der Waals surface area contributed by atoms with Gasteiger partial charge in [0.15, 0.2) is 6.35 Å². The van der Waals surface area contributed by atoms with E-state index in [-0.39, 0.29) is 41.8 Å². The molecule has 2 aliphatic carbocycles. The van der Waals surface area contributed by atoms with E-state index in [9.17, 15) is 19.5 Å². The molecular weight excluding hydrogens is 851 g/mol. The number of rotatable bonds is 13. The summed E-state index contributed by atoms with van der Waals surface area (Å²) in [6.45, 7) is 15.8. The van der Waals surface area contributed by atoms with E-state index in [1.54, 1.807) is 4.90 Å². The van der Waals surface area contributed by atoms with E-state index in [2.05, 4.69) is 37.6 Å². The van der Waals surface area contributed by atoms with Crippen molar-refractivity contribution in [3.8, 4) is 11.3 Å². The fourth-order valence-corrected chi connectivity index (χ4v) is 12.4. The highest BCUT2D eigenvalue weighted by Gasteiger charge is 2.43. The molecule has 1 saturated carbocycles. The molecule has 6 fully saturated rings. The average molecular weight is 924 g/mol. The van der Waals surface area contributed by atoms with Crippen molar-refractivity contribution in [2.45, 2.75) is 134 Å². The maximum absolute atomic E-state index is 14.2. The zero-order chi connectivity index (χ0) is 46.3. The van der Waals surface area contributed by atoms with Crippen LogP contribution in [0.2, 0.25) is 0 Å². The van der Waals surface area contributed by atoms with Crippen molar-refractivity contribution in [2.24, 2.45) is 11.8 Å². The van der Waals surface area contributed by atoms with Crippen molar-refractivity contribution < 1.29 is 29.0 Å². The van der Waals surface area contributed by atoms with Crippen LogP contribution in [0, 0.1) is 11.8 Å². The first-order valence-electron chi connectivity index (χ1n) is 25.6. The largest absolute Gasteiger partial charge is 0.379 e. The Morgan fingerprint density at radius 1 is 0.687 bits per heavy atom. The molecule has 10 rings (SSSR count). The Morgan fingerprint density at radius 3 is 1.94 bits per heavy atom. The minimum absolute atomic E-state index is 0.00336. The molecule has 3 unspecified atom stereocenters. The topological polar surface area (TPSA) is 188 Å². The van der Waals surface area contributed by atoms with Gasteiger partial charge in [0.2, 0.25) is 11.8 Å². The number of amides is 4. The lowest BCUT2D eigenvalue weighted by Crippen LogP contribution is -2.58. The van der Waals surface area contributed by atoms with Crippen molar-refractivity contribution in [3.63, 3.8) is 0 Å². The van der Waals surface area contributed by atoms with Gasteiger partial charge in [0.1, 0.15) is 17.7 Å². The molecule has 5 N–H and O–H groups in total. The molecule has 17 nitrogen and oxygen atoms in total. The van der Waals surface area contributed by atoms with Gasteiger partial charge in [0.05, 0.1) is 56.4 Å². The summed E-state index contributed by atoms with van der Waals surface area (Å²) in [6, 6.07) is 3.07. The van der Waals surface area contributed by atoms with Crippen LogP contribution < -0.4 is 15.5 Å². The zero-order valence-electron chi connectivity index (χ0n) is 40.1. The molecule has 7 heterocycles. The first-order valence-corrected chi connectivity index (χ1v) is 25.6. The smallest absolute Gasteiger partial charge is 0.318 e. The number of nitrogens with zero attached hydrogens (tertiary/aromatic N) is 7. The third-order valence-electron chi connectivity index (χ3n) is 16.2. The Hall–Kier alpha value is -4.55. The van der Waals surface area contributed by atoms with E-state index < -0.39 is 18.4 Å². The highest BCUT2D eigenvalue weighted by Crippen LogP contribution is 2.58. The van der Waals surface area contributed by atoms with E-state index in [0.717, 1.165) is 74.7 Å². The van der Waals surface area contributed by atoms with E-state index in [1.807, 2.05) is 54.8 Å². The lowest BCUT2D eigenvalue weighted by atomic mass is 9.85. The summed E-state index contributed by atoms with van der Waals surface area (Å²) in [5.74, 6) is 3.07. The van der Waals surface area contributed by atoms with Gasteiger partial charge in [-0.15, -0.1) is 0 Å². The number of anilines is 1. The van der Waals surface area contributed by atoms with Crippen LogP contribution in [0.4, 0.5) is 10.5 Å². The van der Waals surface area contributed by atoms with Crippen molar-refractivity contribution in [2.75, 3.05) is 83.7 Å². The quantitative estimate of drug-likeness (QED) is 0.143. The summed E-state index contributed by atoms with van der Waals surface area (Å²) in [4.78, 5) is 68.9. The number of piperidine rings is 1. The number of fused-ring (bicyclic) bond motifs is 5. The summed E-state index contributed by atoms with van der Waals surface area (Å²) in [7, 11) is 0. The second kappa shape index (κ2) is 19.8. The number of H-pyrrole nitrogens is 2. The SMILES string of the molecule is CC(C)[C@H](NC(O)N1CCOCC1)C(=O)N1CCC[C@H]1c1ncc(-c2ccc(N3CCC(c4cnc([C@@H]5CCCN5C(=O)[C@@H](NC(=O)N5CCOCC5)C(C)C)[nH]4)CC3)c3c2C2CCC3C2)[nH]1. The monoisotopic (exact) mass is 924 g/mol. The number of ether oxygens (including phenoxy) is 2. The summed E-state index contributed by atoms with van der Waals surface area (Å²) in [5.41, 5.74) is 7.82. The molecule has 5 saturated heterocycles. The van der Waals surface area contributed by atoms with Gasteiger partial charge in [-0.1, -0.05) is 33.8 Å². The molecule has 4 amide bonds. The number of imidazole rings is 2. The number of morpholine rings is 2. The number of carbonyl (C=O) groups is 3. The molecule has 1 aromatic carbocycles. The van der Waals surface area contributed by atoms with Gasteiger partial charge in [0, 0.05) is 81.4 Å². The molecule has 2 aromatic heterocycles. The van der Waals surface area contributed by atoms with Crippen LogP contribution in [0.25, 0.3) is 11.3 Å². The molecule has 0 radical (unpaired) electrons. The van der Waals surface area contributed by atoms with Crippen molar-refractivity contribution >= 4 is 23.5 Å². The summed E-state index contributed by atoms with van der Waals surface area (Å²) >= 11 is 0. The van der Waals surface area contributed by atoms with Crippen molar-refractivity contribution in [3.05, 3.63) is 53.0 Å². The number of carbonyl (C=O) groups excluding carboxylic acids is 3. The van der Waals surface area contributed by atoms with Crippen LogP contribution in [0.15, 0.2) is 24.5 Å². The average Bonchev–Trinajstić information content (AvgIpc) is 4.22. The second-order valence-electron chi connectivity index (χ2n) is 20.9. The number of urea groups is 1. The lowest BCUT2D eigenvalue weighted by Gasteiger charge is -2.36. The van der Waals surface area contributed by atoms with Crippen molar-refractivity contribution in [1.82, 2.24) is 50.2 Å². The van der Waals surface area contributed by atoms with Crippen LogP contribution in [0.5, 0.6) is 0 Å². The zero-order valence-corrected chi connectivity index (χ0v) is 40.1. The standard InChI is InChI=1S/C50H73N11O6/c1-30(2)43(55-49(64)58-19-23-66-24-20-58)47(62)60-15-5-7-39(60)45-51-28-36(53-45)32-13-17-57(18-14-32)38-12-11-35(41-33-9-10-34(27-33)42(38)41)37-29-52-46(54-37)40-8-6-16-61(40)48(63)44(31(3)4)56-50(65)59-21-25-67-26-22-59/h11-12,28-34,39-40,43-44,50,56,65H,5-10,13-27H2,1-4H3,(H,51,53)(H,52,54)(H,55,64)/t33?,34?,39-,40-,43-,44-,50?/m0/s1. The van der Waals surface area contributed by atoms with Gasteiger partial charge >= 0.3 is 6.03 Å². The molecule has 2 bridgehead atoms. The van der Waals surface area contributed by atoms with Crippen molar-refractivity contribution in [1.29, 1.82) is 0 Å². The predicted octanol–water partition coefficient (Wildman–Crippen LogP) is 5.16. The molecule has 7 atom stereocenters. The van der Waals surface area contributed by atoms with Gasteiger partial charge in [-0.2, -0.15) is 0 Å². The maximum Gasteiger partial charge on any atom is 0.318 e. The Morgan fingerprint density at radius 2 is 1.28 bits per heavy atom. The highest BCUT2D eigenvalue weighted by molar-refractivity contribution is 5.88. The normalized spacial score (nSPS) is 26.2. The van der Waals surface area contributed by atoms with Crippen LogP contribution in [0.3, 0.4) is 0 Å². The molecule has 7 aliphatic rings. The fourth-order valence-electron chi connectivity index (χ4n) is 12.4. The van der Waals surface area contributed by atoms with E-state index in [1.165, 1.54) is 41.6 Å². The number of aliphatic hydroxyl groups is 1. The summed E-state index contributed by atoms with van der Waals surface area (Å²) in [6.07, 6.45) is 12.3. The van der Waals surface area contributed by atoms with Gasteiger partial charge in [-0.3, -0.25) is 19.8 Å². The first kappa shape index (κ1) is 46.2. The van der Waals surface area contributed by atoms with Gasteiger partial charge in [-0.05, 0) is 98.7 Å². The predicted molar refractivity (Wildman–Crippen MR) is 253 cm³/mol.